The van der Waals surface area contributed by atoms with Crippen molar-refractivity contribution < 1.29 is 0 Å². The molecule has 5 heteroatoms. The fourth-order valence-electron chi connectivity index (χ4n) is 3.14. The lowest BCUT2D eigenvalue weighted by Crippen LogP contribution is -2.28. The number of hydrogen-bond donors (Lipinski definition) is 0. The lowest BCUT2D eigenvalue weighted by atomic mass is 10.1. The Bertz CT molecular complexity index is 1210. The van der Waals surface area contributed by atoms with E-state index < -0.39 is 0 Å². The lowest BCUT2D eigenvalue weighted by molar-refractivity contribution is 0.641. The van der Waals surface area contributed by atoms with Gasteiger partial charge >= 0.3 is 0 Å². The van der Waals surface area contributed by atoms with Crippen molar-refractivity contribution in [2.45, 2.75) is 0 Å². The van der Waals surface area contributed by atoms with Crippen molar-refractivity contribution in [2.75, 3.05) is 0 Å². The van der Waals surface area contributed by atoms with Crippen molar-refractivity contribution in [1.82, 2.24) is 13.8 Å². The van der Waals surface area contributed by atoms with Gasteiger partial charge in [0.05, 0.1) is 15.9 Å². The quantitative estimate of drug-likeness (QED) is 0.479. The Morgan fingerprint density at radius 2 is 1.67 bits per heavy atom. The Morgan fingerprint density at radius 3 is 2.46 bits per heavy atom. The molecule has 4 nitrogen and oxygen atoms in total. The van der Waals surface area contributed by atoms with Gasteiger partial charge in [-0.25, -0.2) is 4.68 Å². The molecule has 0 atom stereocenters. The van der Waals surface area contributed by atoms with Crippen molar-refractivity contribution in [3.05, 3.63) is 88.9 Å². The molecule has 24 heavy (non-hydrogen) atoms. The highest BCUT2D eigenvalue weighted by molar-refractivity contribution is 7.17. The Hall–Kier alpha value is -3.05. The molecule has 0 aliphatic heterocycles. The van der Waals surface area contributed by atoms with Crippen molar-refractivity contribution >= 4 is 27.1 Å². The minimum absolute atomic E-state index is 0.0315. The fraction of sp³-hybridized carbons (Fsp3) is 0. The van der Waals surface area contributed by atoms with E-state index >= 15 is 0 Å². The molecule has 0 aliphatic rings. The largest absolute Gasteiger partial charge is 0.309 e. The van der Waals surface area contributed by atoms with Crippen molar-refractivity contribution in [3.8, 4) is 11.3 Å². The topological polar surface area (TPSA) is 31.3 Å². The van der Waals surface area contributed by atoms with Crippen molar-refractivity contribution in [3.63, 3.8) is 0 Å². The third kappa shape index (κ3) is 1.82. The molecule has 0 spiro atoms. The van der Waals surface area contributed by atoms with Crippen LogP contribution in [0.15, 0.2) is 83.4 Å². The zero-order chi connectivity index (χ0) is 16.1. The fourth-order valence-corrected chi connectivity index (χ4v) is 3.95. The van der Waals surface area contributed by atoms with Gasteiger partial charge in [0.1, 0.15) is 5.52 Å². The lowest BCUT2D eigenvalue weighted by Gasteiger charge is -2.15. The smallest absolute Gasteiger partial charge is 0.294 e. The Labute approximate surface area is 141 Å². The molecule has 1 aromatic carbocycles. The van der Waals surface area contributed by atoms with E-state index in [2.05, 4.69) is 11.4 Å². The van der Waals surface area contributed by atoms with E-state index in [9.17, 15) is 4.79 Å². The normalized spacial score (nSPS) is 11.5. The first kappa shape index (κ1) is 13.4. The number of fused-ring (bicyclic) bond motifs is 3. The van der Waals surface area contributed by atoms with Gasteiger partial charge in [-0.2, -0.15) is 0 Å². The molecule has 0 aliphatic carbocycles. The van der Waals surface area contributed by atoms with Crippen LogP contribution in [0.4, 0.5) is 0 Å². The summed E-state index contributed by atoms with van der Waals surface area (Å²) in [6.45, 7) is 0. The number of thiophene rings is 1. The second-order valence-electron chi connectivity index (χ2n) is 5.63. The van der Waals surface area contributed by atoms with E-state index in [0.29, 0.717) is 5.52 Å². The molecule has 0 amide bonds. The van der Waals surface area contributed by atoms with Crippen LogP contribution in [0.25, 0.3) is 27.0 Å². The van der Waals surface area contributed by atoms with Gasteiger partial charge < -0.3 is 4.40 Å². The van der Waals surface area contributed by atoms with E-state index in [1.54, 1.807) is 16.0 Å². The van der Waals surface area contributed by atoms with Crippen LogP contribution >= 0.6 is 11.3 Å². The predicted molar refractivity (Wildman–Crippen MR) is 97.7 cm³/mol. The number of hydrogen-bond acceptors (Lipinski definition) is 2. The molecule has 116 valence electrons. The maximum absolute atomic E-state index is 13.2. The van der Waals surface area contributed by atoms with Crippen molar-refractivity contribution in [1.29, 1.82) is 0 Å². The third-order valence-corrected chi connectivity index (χ3v) is 5.09. The van der Waals surface area contributed by atoms with Gasteiger partial charge in [-0.15, -0.1) is 11.3 Å². The van der Waals surface area contributed by atoms with Gasteiger partial charge in [0.25, 0.3) is 5.56 Å². The molecule has 5 rings (SSSR count). The SMILES string of the molecule is O=c1c2cc3sccc3n2cc(-c2ccccc2)n1-n1cccc1. The number of aromatic nitrogens is 3. The zero-order valence-electron chi connectivity index (χ0n) is 12.7. The second kappa shape index (κ2) is 4.97. The van der Waals surface area contributed by atoms with Gasteiger partial charge in [-0.3, -0.25) is 9.47 Å². The van der Waals surface area contributed by atoms with Crippen LogP contribution in [-0.2, 0) is 0 Å². The van der Waals surface area contributed by atoms with Crippen LogP contribution in [0.5, 0.6) is 0 Å². The van der Waals surface area contributed by atoms with E-state index in [0.717, 1.165) is 21.5 Å². The molecule has 0 N–H and O–H groups in total. The van der Waals surface area contributed by atoms with Gasteiger partial charge in [0, 0.05) is 24.2 Å². The van der Waals surface area contributed by atoms with Crippen LogP contribution in [-0.4, -0.2) is 13.8 Å². The average Bonchev–Trinajstić information content (AvgIpc) is 3.33. The van der Waals surface area contributed by atoms with Gasteiger partial charge in [-0.05, 0) is 29.6 Å². The first-order valence-corrected chi connectivity index (χ1v) is 8.54. The van der Waals surface area contributed by atoms with E-state index in [4.69, 9.17) is 0 Å². The predicted octanol–water partition coefficient (Wildman–Crippen LogP) is 4.10. The maximum Gasteiger partial charge on any atom is 0.294 e. The number of nitrogens with zero attached hydrogens (tertiary/aromatic N) is 3. The summed E-state index contributed by atoms with van der Waals surface area (Å²) in [5.74, 6) is 0. The highest BCUT2D eigenvalue weighted by Gasteiger charge is 2.15. The van der Waals surface area contributed by atoms with Gasteiger partial charge in [-0.1, -0.05) is 30.3 Å². The highest BCUT2D eigenvalue weighted by Crippen LogP contribution is 2.26. The summed E-state index contributed by atoms with van der Waals surface area (Å²) in [5, 5.41) is 2.05. The molecular weight excluding hydrogens is 318 g/mol. The molecular formula is C19H13N3OS. The summed E-state index contributed by atoms with van der Waals surface area (Å²) in [6, 6.07) is 17.9. The summed E-state index contributed by atoms with van der Waals surface area (Å²) < 4.78 is 6.66. The number of rotatable bonds is 2. The first-order valence-electron chi connectivity index (χ1n) is 7.66. The van der Waals surface area contributed by atoms with E-state index in [1.807, 2.05) is 76.2 Å². The highest BCUT2D eigenvalue weighted by atomic mass is 32.1. The molecule has 0 bridgehead atoms. The van der Waals surface area contributed by atoms with Crippen LogP contribution in [0.1, 0.15) is 0 Å². The van der Waals surface area contributed by atoms with Crippen molar-refractivity contribution in [2.24, 2.45) is 0 Å². The summed E-state index contributed by atoms with van der Waals surface area (Å²) in [7, 11) is 0. The Kier molecular flexibility index (Phi) is 2.78. The zero-order valence-corrected chi connectivity index (χ0v) is 13.5. The number of benzene rings is 1. The standard InChI is InChI=1S/C19H13N3OS/c23-19-16-12-18-15(8-11-24-18)21(16)13-17(14-6-2-1-3-7-14)22(19)20-9-4-5-10-20/h1-13H. The van der Waals surface area contributed by atoms with Gasteiger partial charge in [0.2, 0.25) is 0 Å². The average molecular weight is 331 g/mol. The van der Waals surface area contributed by atoms with Crippen LogP contribution in [0.3, 0.4) is 0 Å². The molecule has 5 aromatic rings. The Balaban J connectivity index is 1.97. The first-order chi connectivity index (χ1) is 11.8. The van der Waals surface area contributed by atoms with Crippen LogP contribution in [0, 0.1) is 0 Å². The van der Waals surface area contributed by atoms with Crippen LogP contribution in [0.2, 0.25) is 0 Å². The summed E-state index contributed by atoms with van der Waals surface area (Å²) in [6.07, 6.45) is 5.81. The van der Waals surface area contributed by atoms with E-state index in [1.165, 1.54) is 0 Å². The monoisotopic (exact) mass is 331 g/mol. The minimum Gasteiger partial charge on any atom is -0.309 e. The molecule has 0 fully saturated rings. The second-order valence-corrected chi connectivity index (χ2v) is 6.58. The Morgan fingerprint density at radius 1 is 0.875 bits per heavy atom. The molecule has 0 saturated heterocycles. The molecule has 0 radical (unpaired) electrons. The molecule has 4 heterocycles. The summed E-state index contributed by atoms with van der Waals surface area (Å²) >= 11 is 1.65. The van der Waals surface area contributed by atoms with E-state index in [-0.39, 0.29) is 5.56 Å². The summed E-state index contributed by atoms with van der Waals surface area (Å²) in [5.41, 5.74) is 3.58. The minimum atomic E-state index is -0.0315. The third-order valence-electron chi connectivity index (χ3n) is 4.24. The molecule has 0 unspecified atom stereocenters. The molecule has 4 aromatic heterocycles. The van der Waals surface area contributed by atoms with Crippen LogP contribution < -0.4 is 5.56 Å². The van der Waals surface area contributed by atoms with Gasteiger partial charge in [0.15, 0.2) is 0 Å². The summed E-state index contributed by atoms with van der Waals surface area (Å²) in [4.78, 5) is 13.2. The maximum atomic E-state index is 13.2. The molecule has 0 saturated carbocycles.